The molecule has 4 heteroatoms. The average molecular weight is 194 g/mol. The van der Waals surface area contributed by atoms with E-state index in [1.54, 1.807) is 0 Å². The van der Waals surface area contributed by atoms with Gasteiger partial charge in [-0.2, -0.15) is 0 Å². The van der Waals surface area contributed by atoms with Crippen LogP contribution >= 0.6 is 11.6 Å². The lowest BCUT2D eigenvalue weighted by Crippen LogP contribution is -2.31. The highest BCUT2D eigenvalue weighted by molar-refractivity contribution is 6.29. The third-order valence-electron chi connectivity index (χ3n) is 1.73. The Bertz CT molecular complexity index is 150. The molecule has 0 saturated heterocycles. The number of hydrogen-bond donors (Lipinski definition) is 2. The van der Waals surface area contributed by atoms with Gasteiger partial charge >= 0.3 is 5.97 Å². The van der Waals surface area contributed by atoms with Crippen molar-refractivity contribution in [2.75, 3.05) is 6.54 Å². The zero-order valence-corrected chi connectivity index (χ0v) is 8.21. The van der Waals surface area contributed by atoms with Crippen LogP contribution in [0.1, 0.15) is 20.3 Å². The molecule has 3 N–H and O–H groups in total. The number of hydrogen-bond acceptors (Lipinski definition) is 2. The molecule has 0 amide bonds. The Hall–Kier alpha value is -0.280. The lowest BCUT2D eigenvalue weighted by molar-refractivity contribution is -0.137. The molecule has 0 aromatic heterocycles. The summed E-state index contributed by atoms with van der Waals surface area (Å²) >= 11 is 5.65. The lowest BCUT2D eigenvalue weighted by Gasteiger charge is -2.18. The summed E-state index contributed by atoms with van der Waals surface area (Å²) in [5.74, 6) is -0.670. The van der Waals surface area contributed by atoms with E-state index in [4.69, 9.17) is 22.4 Å². The Balaban J connectivity index is 4.05. The van der Waals surface area contributed by atoms with Crippen LogP contribution in [0, 0.1) is 11.8 Å². The first-order chi connectivity index (χ1) is 5.49. The molecule has 0 fully saturated rings. The SMILES string of the molecule is CC(C)C[C@H](CN)C(Cl)C(=O)O. The smallest absolute Gasteiger partial charge is 0.321 e. The van der Waals surface area contributed by atoms with Crippen LogP contribution in [0.4, 0.5) is 0 Å². The van der Waals surface area contributed by atoms with Crippen molar-refractivity contribution in [2.45, 2.75) is 25.6 Å². The van der Waals surface area contributed by atoms with E-state index >= 15 is 0 Å². The van der Waals surface area contributed by atoms with Crippen LogP contribution in [-0.2, 0) is 4.79 Å². The van der Waals surface area contributed by atoms with Gasteiger partial charge in [-0.25, -0.2) is 0 Å². The summed E-state index contributed by atoms with van der Waals surface area (Å²) in [5, 5.41) is 7.76. The van der Waals surface area contributed by atoms with E-state index in [-0.39, 0.29) is 5.92 Å². The third-order valence-corrected chi connectivity index (χ3v) is 2.27. The quantitative estimate of drug-likeness (QED) is 0.647. The first kappa shape index (κ1) is 11.7. The van der Waals surface area contributed by atoms with Gasteiger partial charge in [0, 0.05) is 0 Å². The molecule has 0 rings (SSSR count). The van der Waals surface area contributed by atoms with Gasteiger partial charge < -0.3 is 10.8 Å². The van der Waals surface area contributed by atoms with E-state index in [1.807, 2.05) is 13.8 Å². The predicted molar refractivity (Wildman–Crippen MR) is 49.3 cm³/mol. The maximum Gasteiger partial charge on any atom is 0.321 e. The normalized spacial score (nSPS) is 16.1. The molecule has 0 aromatic carbocycles. The number of carbonyl (C=O) groups is 1. The standard InChI is InChI=1S/C8H16ClNO2/c1-5(2)3-6(4-10)7(9)8(11)12/h5-7H,3-4,10H2,1-2H3,(H,11,12)/t6-,7?/m1/s1. The largest absolute Gasteiger partial charge is 0.480 e. The van der Waals surface area contributed by atoms with Crippen molar-refractivity contribution in [3.05, 3.63) is 0 Å². The summed E-state index contributed by atoms with van der Waals surface area (Å²) in [6.45, 7) is 4.38. The first-order valence-corrected chi connectivity index (χ1v) is 4.49. The van der Waals surface area contributed by atoms with Gasteiger partial charge in [-0.15, -0.1) is 11.6 Å². The molecule has 2 atom stereocenters. The van der Waals surface area contributed by atoms with Gasteiger partial charge in [-0.3, -0.25) is 4.79 Å². The van der Waals surface area contributed by atoms with Crippen molar-refractivity contribution in [1.29, 1.82) is 0 Å². The van der Waals surface area contributed by atoms with Gasteiger partial charge in [0.2, 0.25) is 0 Å². The fourth-order valence-corrected chi connectivity index (χ4v) is 1.35. The van der Waals surface area contributed by atoms with Crippen LogP contribution in [0.15, 0.2) is 0 Å². The van der Waals surface area contributed by atoms with E-state index in [2.05, 4.69) is 0 Å². The molecule has 12 heavy (non-hydrogen) atoms. The van der Waals surface area contributed by atoms with Gasteiger partial charge in [-0.05, 0) is 24.8 Å². The molecule has 0 saturated carbocycles. The van der Waals surface area contributed by atoms with Crippen molar-refractivity contribution < 1.29 is 9.90 Å². The number of halogens is 1. The summed E-state index contributed by atoms with van der Waals surface area (Å²) in [6, 6.07) is 0. The maximum absolute atomic E-state index is 10.5. The monoisotopic (exact) mass is 193 g/mol. The Kier molecular flexibility index (Phi) is 5.25. The molecule has 0 aliphatic carbocycles. The summed E-state index contributed by atoms with van der Waals surface area (Å²) in [4.78, 5) is 10.5. The molecule has 0 bridgehead atoms. The van der Waals surface area contributed by atoms with Gasteiger partial charge in [-0.1, -0.05) is 13.8 Å². The molecule has 0 aliphatic heterocycles. The van der Waals surface area contributed by atoms with E-state index in [9.17, 15) is 4.79 Å². The van der Waals surface area contributed by atoms with Crippen LogP contribution in [0.3, 0.4) is 0 Å². The van der Waals surface area contributed by atoms with Crippen LogP contribution in [0.25, 0.3) is 0 Å². The predicted octanol–water partition coefficient (Wildman–Crippen LogP) is 1.30. The van der Waals surface area contributed by atoms with Gasteiger partial charge in [0.15, 0.2) is 0 Å². The minimum absolute atomic E-state index is 0.121. The lowest BCUT2D eigenvalue weighted by atomic mass is 9.94. The number of nitrogens with two attached hydrogens (primary N) is 1. The van der Waals surface area contributed by atoms with Crippen molar-refractivity contribution >= 4 is 17.6 Å². The summed E-state index contributed by atoms with van der Waals surface area (Å²) in [5.41, 5.74) is 5.41. The molecule has 0 radical (unpaired) electrons. The van der Waals surface area contributed by atoms with Gasteiger partial charge in [0.05, 0.1) is 0 Å². The Labute approximate surface area is 77.9 Å². The zero-order valence-electron chi connectivity index (χ0n) is 7.46. The van der Waals surface area contributed by atoms with E-state index in [0.29, 0.717) is 12.5 Å². The highest BCUT2D eigenvalue weighted by atomic mass is 35.5. The summed E-state index contributed by atoms with van der Waals surface area (Å²) in [7, 11) is 0. The summed E-state index contributed by atoms with van der Waals surface area (Å²) in [6.07, 6.45) is 0.761. The molecular formula is C8H16ClNO2. The zero-order chi connectivity index (χ0) is 9.72. The van der Waals surface area contributed by atoms with Crippen molar-refractivity contribution in [3.63, 3.8) is 0 Å². The average Bonchev–Trinajstić information content (AvgIpc) is 1.98. The minimum atomic E-state index is -0.979. The van der Waals surface area contributed by atoms with Gasteiger partial charge in [0.1, 0.15) is 5.38 Å². The van der Waals surface area contributed by atoms with Crippen LogP contribution in [0.5, 0.6) is 0 Å². The fraction of sp³-hybridized carbons (Fsp3) is 0.875. The van der Waals surface area contributed by atoms with Crippen molar-refractivity contribution in [2.24, 2.45) is 17.6 Å². The molecular weight excluding hydrogens is 178 g/mol. The van der Waals surface area contributed by atoms with Crippen molar-refractivity contribution in [3.8, 4) is 0 Å². The number of carboxylic acid groups (broad SMARTS) is 1. The topological polar surface area (TPSA) is 63.3 Å². The molecule has 0 aromatic rings. The number of carboxylic acids is 1. The second-order valence-corrected chi connectivity index (χ2v) is 3.84. The fourth-order valence-electron chi connectivity index (χ4n) is 1.14. The molecule has 3 nitrogen and oxygen atoms in total. The van der Waals surface area contributed by atoms with E-state index < -0.39 is 11.3 Å². The number of rotatable bonds is 5. The molecule has 72 valence electrons. The molecule has 1 unspecified atom stereocenters. The highest BCUT2D eigenvalue weighted by Crippen LogP contribution is 2.18. The van der Waals surface area contributed by atoms with Crippen LogP contribution in [0.2, 0.25) is 0 Å². The van der Waals surface area contributed by atoms with Crippen molar-refractivity contribution in [1.82, 2.24) is 0 Å². The highest BCUT2D eigenvalue weighted by Gasteiger charge is 2.24. The number of alkyl halides is 1. The first-order valence-electron chi connectivity index (χ1n) is 4.06. The van der Waals surface area contributed by atoms with E-state index in [1.165, 1.54) is 0 Å². The molecule has 0 spiro atoms. The Morgan fingerprint density at radius 3 is 2.33 bits per heavy atom. The summed E-state index contributed by atoms with van der Waals surface area (Å²) < 4.78 is 0. The number of aliphatic carboxylic acids is 1. The second-order valence-electron chi connectivity index (χ2n) is 3.37. The van der Waals surface area contributed by atoms with Gasteiger partial charge in [0.25, 0.3) is 0 Å². The Morgan fingerprint density at radius 2 is 2.08 bits per heavy atom. The van der Waals surface area contributed by atoms with E-state index in [0.717, 1.165) is 6.42 Å². The maximum atomic E-state index is 10.5. The van der Waals surface area contributed by atoms with Crippen LogP contribution < -0.4 is 5.73 Å². The minimum Gasteiger partial charge on any atom is -0.480 e. The Morgan fingerprint density at radius 1 is 1.58 bits per heavy atom. The third kappa shape index (κ3) is 3.93. The van der Waals surface area contributed by atoms with Crippen LogP contribution in [-0.4, -0.2) is 23.0 Å². The molecule has 0 aliphatic rings. The second kappa shape index (κ2) is 5.38. The molecule has 0 heterocycles.